The monoisotopic (exact) mass is 375 g/mol. The van der Waals surface area contributed by atoms with Crippen molar-refractivity contribution in [3.63, 3.8) is 0 Å². The average molecular weight is 376 g/mol. The molecule has 0 fully saturated rings. The zero-order valence-corrected chi connectivity index (χ0v) is 14.0. The minimum absolute atomic E-state index is 0.191. The summed E-state index contributed by atoms with van der Waals surface area (Å²) in [5, 5.41) is 12.5. The fourth-order valence-electron chi connectivity index (χ4n) is 2.06. The molecule has 0 radical (unpaired) electrons. The fraction of sp³-hybridized carbons (Fsp3) is 0.333. The molecule has 2 rings (SSSR count). The Labute approximate surface area is 147 Å². The van der Waals surface area contributed by atoms with Gasteiger partial charge >= 0.3 is 0 Å². The lowest BCUT2D eigenvalue weighted by atomic mass is 10.0. The molecule has 9 heteroatoms. The van der Waals surface area contributed by atoms with Gasteiger partial charge in [-0.05, 0) is 5.56 Å². The maximum Gasteiger partial charge on any atom is 0.253 e. The number of nitrogens with two attached hydrogens (primary N) is 1. The largest absolute Gasteiger partial charge is 0.439 e. The van der Waals surface area contributed by atoms with Crippen LogP contribution in [0.4, 0.5) is 4.39 Å². The van der Waals surface area contributed by atoms with Crippen molar-refractivity contribution in [3.8, 4) is 11.3 Å². The van der Waals surface area contributed by atoms with E-state index in [1.54, 1.807) is 30.5 Å². The zero-order chi connectivity index (χ0) is 17.7. The quantitative estimate of drug-likeness (QED) is 0.643. The third kappa shape index (κ3) is 4.45. The van der Waals surface area contributed by atoms with E-state index in [1.165, 1.54) is 0 Å². The van der Waals surface area contributed by atoms with E-state index < -0.39 is 29.6 Å². The van der Waals surface area contributed by atoms with Crippen LogP contribution in [0, 0.1) is 0 Å². The Morgan fingerprint density at radius 1 is 1.38 bits per heavy atom. The summed E-state index contributed by atoms with van der Waals surface area (Å²) < 4.78 is 18.5. The first-order chi connectivity index (χ1) is 11.5. The molecule has 0 spiro atoms. The molecule has 130 valence electrons. The first-order valence-corrected chi connectivity index (χ1v) is 7.91. The first kappa shape index (κ1) is 18.7. The van der Waals surface area contributed by atoms with Crippen LogP contribution in [0.5, 0.6) is 0 Å². The number of benzene rings is 1. The normalized spacial score (nSPS) is 13.8. The van der Waals surface area contributed by atoms with Crippen LogP contribution in [0.15, 0.2) is 34.9 Å². The number of oxazole rings is 1. The summed E-state index contributed by atoms with van der Waals surface area (Å²) in [6, 6.07) is 5.40. The van der Waals surface area contributed by atoms with Gasteiger partial charge in [0.15, 0.2) is 10.6 Å². The smallest absolute Gasteiger partial charge is 0.253 e. The number of carbonyl (C=O) groups is 1. The summed E-state index contributed by atoms with van der Waals surface area (Å²) >= 11 is 10.8. The van der Waals surface area contributed by atoms with E-state index in [1.807, 2.05) is 0 Å². The molecule has 24 heavy (non-hydrogen) atoms. The van der Waals surface area contributed by atoms with Crippen LogP contribution in [-0.4, -0.2) is 33.6 Å². The van der Waals surface area contributed by atoms with E-state index in [2.05, 4.69) is 10.3 Å². The molecule has 0 bridgehead atoms. The summed E-state index contributed by atoms with van der Waals surface area (Å²) in [6.07, 6.45) is 0.286. The summed E-state index contributed by atoms with van der Waals surface area (Å²) in [5.74, 6) is 0.164. The van der Waals surface area contributed by atoms with Crippen molar-refractivity contribution in [2.24, 2.45) is 5.73 Å². The van der Waals surface area contributed by atoms with Gasteiger partial charge in [0, 0.05) is 5.56 Å². The van der Waals surface area contributed by atoms with Gasteiger partial charge in [-0.3, -0.25) is 4.79 Å². The second kappa shape index (κ2) is 8.43. The lowest BCUT2D eigenvalue weighted by molar-refractivity contribution is -0.121. The van der Waals surface area contributed by atoms with Gasteiger partial charge in [0.2, 0.25) is 5.89 Å². The molecule has 0 aliphatic carbocycles. The lowest BCUT2D eigenvalue weighted by Gasteiger charge is -2.22. The topological polar surface area (TPSA) is 101 Å². The second-order valence-electron chi connectivity index (χ2n) is 4.96. The van der Waals surface area contributed by atoms with Gasteiger partial charge in [-0.2, -0.15) is 0 Å². The number of aromatic nitrogens is 1. The molecule has 1 aromatic heterocycles. The third-order valence-electron chi connectivity index (χ3n) is 3.34. The third-order valence-corrected chi connectivity index (χ3v) is 3.73. The van der Waals surface area contributed by atoms with Gasteiger partial charge in [0.25, 0.3) is 5.91 Å². The number of aliphatic hydroxyl groups is 1. The van der Waals surface area contributed by atoms with Crippen molar-refractivity contribution in [3.05, 3.63) is 41.9 Å². The molecule has 1 aromatic carbocycles. The summed E-state index contributed by atoms with van der Waals surface area (Å²) in [5.41, 5.74) is 6.58. The summed E-state index contributed by atoms with van der Waals surface area (Å²) in [7, 11) is 0. The SMILES string of the molecule is NCc1ncc(-c2ccc(C(O)C(CF)NC(=O)C(Cl)Cl)cc2)o1. The first-order valence-electron chi connectivity index (χ1n) is 7.04. The molecule has 2 atom stereocenters. The van der Waals surface area contributed by atoms with Crippen LogP contribution >= 0.6 is 23.2 Å². The van der Waals surface area contributed by atoms with Gasteiger partial charge in [0.1, 0.15) is 12.8 Å². The van der Waals surface area contributed by atoms with Crippen LogP contribution in [0.25, 0.3) is 11.3 Å². The second-order valence-corrected chi connectivity index (χ2v) is 6.06. The molecular weight excluding hydrogens is 360 g/mol. The average Bonchev–Trinajstić information content (AvgIpc) is 3.08. The molecule has 1 heterocycles. The van der Waals surface area contributed by atoms with Gasteiger partial charge < -0.3 is 20.6 Å². The Balaban J connectivity index is 2.12. The molecule has 2 unspecified atom stereocenters. The van der Waals surface area contributed by atoms with Crippen molar-refractivity contribution < 1.29 is 18.7 Å². The molecule has 2 aromatic rings. The minimum atomic E-state index is -1.34. The summed E-state index contributed by atoms with van der Waals surface area (Å²) in [6.45, 7) is -0.784. The predicted octanol–water partition coefficient (Wildman–Crippen LogP) is 2.09. The molecule has 1 amide bonds. The lowest BCUT2D eigenvalue weighted by Crippen LogP contribution is -2.43. The molecule has 0 aliphatic rings. The zero-order valence-electron chi connectivity index (χ0n) is 12.5. The predicted molar refractivity (Wildman–Crippen MR) is 88.2 cm³/mol. The number of alkyl halides is 3. The van der Waals surface area contributed by atoms with Crippen molar-refractivity contribution in [2.45, 2.75) is 23.5 Å². The van der Waals surface area contributed by atoms with E-state index >= 15 is 0 Å². The van der Waals surface area contributed by atoms with Crippen LogP contribution in [0.1, 0.15) is 17.6 Å². The number of halogens is 3. The van der Waals surface area contributed by atoms with E-state index in [-0.39, 0.29) is 6.54 Å². The van der Waals surface area contributed by atoms with E-state index in [9.17, 15) is 14.3 Å². The number of hydrogen-bond donors (Lipinski definition) is 3. The molecule has 0 saturated carbocycles. The molecular formula is C15H16Cl2FN3O3. The Bertz CT molecular complexity index is 679. The maximum atomic E-state index is 13.1. The van der Waals surface area contributed by atoms with E-state index in [0.717, 1.165) is 5.56 Å². The molecule has 6 nitrogen and oxygen atoms in total. The fourth-order valence-corrected chi connectivity index (χ4v) is 2.19. The van der Waals surface area contributed by atoms with Gasteiger partial charge in [-0.15, -0.1) is 0 Å². The molecule has 4 N–H and O–H groups in total. The standard InChI is InChI=1S/C15H16Cl2FN3O3/c16-14(17)15(23)21-10(5-18)13(22)9-3-1-8(2-4-9)11-7-20-12(6-19)24-11/h1-4,7,10,13-14,22H,5-6,19H2,(H,21,23). The highest BCUT2D eigenvalue weighted by molar-refractivity contribution is 6.53. The Hall–Kier alpha value is -1.67. The molecule has 0 saturated heterocycles. The highest BCUT2D eigenvalue weighted by Crippen LogP contribution is 2.24. The van der Waals surface area contributed by atoms with Crippen LogP contribution < -0.4 is 11.1 Å². The van der Waals surface area contributed by atoms with Gasteiger partial charge in [-0.25, -0.2) is 9.37 Å². The van der Waals surface area contributed by atoms with Gasteiger partial charge in [0.05, 0.1) is 18.8 Å². The Morgan fingerprint density at radius 3 is 2.54 bits per heavy atom. The number of carbonyl (C=O) groups excluding carboxylic acids is 1. The maximum absolute atomic E-state index is 13.1. The number of nitrogens with zero attached hydrogens (tertiary/aromatic N) is 1. The highest BCUT2D eigenvalue weighted by Gasteiger charge is 2.25. The van der Waals surface area contributed by atoms with Crippen molar-refractivity contribution in [2.75, 3.05) is 6.67 Å². The Kier molecular flexibility index (Phi) is 6.56. The molecule has 0 aliphatic heterocycles. The van der Waals surface area contributed by atoms with Crippen molar-refractivity contribution >= 4 is 29.1 Å². The van der Waals surface area contributed by atoms with Gasteiger partial charge in [-0.1, -0.05) is 47.5 Å². The van der Waals surface area contributed by atoms with E-state index in [0.29, 0.717) is 17.2 Å². The number of hydrogen-bond acceptors (Lipinski definition) is 5. The highest BCUT2D eigenvalue weighted by atomic mass is 35.5. The van der Waals surface area contributed by atoms with Crippen LogP contribution in [0.3, 0.4) is 0 Å². The summed E-state index contributed by atoms with van der Waals surface area (Å²) in [4.78, 5) is 14.1. The van der Waals surface area contributed by atoms with E-state index in [4.69, 9.17) is 33.4 Å². The van der Waals surface area contributed by atoms with Crippen molar-refractivity contribution in [1.82, 2.24) is 10.3 Å². The van der Waals surface area contributed by atoms with Crippen LogP contribution in [-0.2, 0) is 11.3 Å². The number of rotatable bonds is 7. The number of aliphatic hydroxyl groups excluding tert-OH is 1. The Morgan fingerprint density at radius 2 is 2.04 bits per heavy atom. The van der Waals surface area contributed by atoms with Crippen LogP contribution in [0.2, 0.25) is 0 Å². The van der Waals surface area contributed by atoms with Crippen molar-refractivity contribution in [1.29, 1.82) is 0 Å². The number of nitrogens with one attached hydrogen (secondary N) is 1. The minimum Gasteiger partial charge on any atom is -0.439 e. The number of amides is 1.